The number of hydrogen-bond donors (Lipinski definition) is 1. The Labute approximate surface area is 151 Å². The van der Waals surface area contributed by atoms with Crippen LogP contribution in [0, 0.1) is 12.8 Å². The number of aliphatic imine (C=N–C) groups is 1. The van der Waals surface area contributed by atoms with E-state index < -0.39 is 0 Å². The Hall–Kier alpha value is -0.790. The van der Waals surface area contributed by atoms with Crippen LogP contribution in [-0.4, -0.2) is 47.1 Å². The van der Waals surface area contributed by atoms with Gasteiger partial charge < -0.3 is 14.8 Å². The highest BCUT2D eigenvalue weighted by Gasteiger charge is 2.18. The van der Waals surface area contributed by atoms with Crippen LogP contribution in [0.15, 0.2) is 17.4 Å². The lowest BCUT2D eigenvalue weighted by Gasteiger charge is -2.33. The second kappa shape index (κ2) is 10.1. The van der Waals surface area contributed by atoms with Crippen LogP contribution >= 0.6 is 24.0 Å². The van der Waals surface area contributed by atoms with Crippen LogP contribution in [0.2, 0.25) is 0 Å². The van der Waals surface area contributed by atoms with Gasteiger partial charge in [-0.1, -0.05) is 6.92 Å². The fourth-order valence-electron chi connectivity index (χ4n) is 2.96. The molecule has 1 aromatic heterocycles. The SMILES string of the molecule is CN=C(NCCCCn1ccnc1C)N1CCCC(C)C1.I. The van der Waals surface area contributed by atoms with Crippen LogP contribution in [0.5, 0.6) is 0 Å². The highest BCUT2D eigenvalue weighted by atomic mass is 127. The lowest BCUT2D eigenvalue weighted by Crippen LogP contribution is -2.46. The summed E-state index contributed by atoms with van der Waals surface area (Å²) in [5.41, 5.74) is 0. The fourth-order valence-corrected chi connectivity index (χ4v) is 2.96. The quantitative estimate of drug-likeness (QED) is 0.346. The molecule has 0 amide bonds. The summed E-state index contributed by atoms with van der Waals surface area (Å²) >= 11 is 0. The summed E-state index contributed by atoms with van der Waals surface area (Å²) < 4.78 is 2.21. The smallest absolute Gasteiger partial charge is 0.193 e. The zero-order valence-corrected chi connectivity index (χ0v) is 16.4. The van der Waals surface area contributed by atoms with Crippen molar-refractivity contribution in [2.45, 2.75) is 46.1 Å². The van der Waals surface area contributed by atoms with E-state index in [-0.39, 0.29) is 24.0 Å². The highest BCUT2D eigenvalue weighted by Crippen LogP contribution is 2.15. The van der Waals surface area contributed by atoms with Gasteiger partial charge in [-0.15, -0.1) is 24.0 Å². The largest absolute Gasteiger partial charge is 0.356 e. The normalized spacial score (nSPS) is 19.0. The standard InChI is InChI=1S/C16H29N5.HI/c1-14-7-6-11-21(13-14)16(17-3)19-8-4-5-10-20-12-9-18-15(20)2;/h9,12,14H,4-8,10-11,13H2,1-3H3,(H,17,19);1H. The molecule has 1 aliphatic rings. The summed E-state index contributed by atoms with van der Waals surface area (Å²) in [5.74, 6) is 2.95. The molecule has 2 rings (SSSR count). The Balaban J connectivity index is 0.00000242. The van der Waals surface area contributed by atoms with Crippen molar-refractivity contribution < 1.29 is 0 Å². The third kappa shape index (κ3) is 5.78. The molecule has 1 saturated heterocycles. The van der Waals surface area contributed by atoms with Crippen molar-refractivity contribution in [3.63, 3.8) is 0 Å². The van der Waals surface area contributed by atoms with E-state index in [1.807, 2.05) is 13.2 Å². The van der Waals surface area contributed by atoms with E-state index in [2.05, 4.69) is 44.8 Å². The molecule has 0 radical (unpaired) electrons. The third-order valence-corrected chi connectivity index (χ3v) is 4.20. The average Bonchev–Trinajstić information content (AvgIpc) is 2.88. The van der Waals surface area contributed by atoms with Gasteiger partial charge in [-0.3, -0.25) is 4.99 Å². The summed E-state index contributed by atoms with van der Waals surface area (Å²) in [6.45, 7) is 8.69. The monoisotopic (exact) mass is 419 g/mol. The number of unbranched alkanes of at least 4 members (excludes halogenated alkanes) is 1. The minimum absolute atomic E-state index is 0. The molecular weight excluding hydrogens is 389 g/mol. The maximum absolute atomic E-state index is 4.42. The number of likely N-dealkylation sites (tertiary alicyclic amines) is 1. The average molecular weight is 419 g/mol. The van der Waals surface area contributed by atoms with Crippen molar-refractivity contribution in [2.75, 3.05) is 26.7 Å². The van der Waals surface area contributed by atoms with Gasteiger partial charge in [0.05, 0.1) is 0 Å². The number of rotatable bonds is 5. The zero-order valence-electron chi connectivity index (χ0n) is 14.1. The molecule has 1 fully saturated rings. The molecule has 1 aliphatic heterocycles. The first-order valence-corrected chi connectivity index (χ1v) is 8.14. The fraction of sp³-hybridized carbons (Fsp3) is 0.750. The van der Waals surface area contributed by atoms with Crippen LogP contribution in [0.3, 0.4) is 0 Å². The van der Waals surface area contributed by atoms with Gasteiger partial charge in [-0.05, 0) is 38.5 Å². The molecule has 0 spiro atoms. The Morgan fingerprint density at radius 3 is 2.91 bits per heavy atom. The van der Waals surface area contributed by atoms with Crippen LogP contribution in [0.4, 0.5) is 0 Å². The minimum Gasteiger partial charge on any atom is -0.356 e. The number of aromatic nitrogens is 2. The number of hydrogen-bond acceptors (Lipinski definition) is 2. The molecule has 0 saturated carbocycles. The molecule has 1 atom stereocenters. The molecule has 1 N–H and O–H groups in total. The summed E-state index contributed by atoms with van der Waals surface area (Å²) in [6, 6.07) is 0. The van der Waals surface area contributed by atoms with Crippen molar-refractivity contribution in [3.05, 3.63) is 18.2 Å². The predicted octanol–water partition coefficient (Wildman–Crippen LogP) is 2.90. The number of imidazole rings is 1. The van der Waals surface area contributed by atoms with Crippen LogP contribution in [0.1, 0.15) is 38.4 Å². The Kier molecular flexibility index (Phi) is 8.82. The first-order chi connectivity index (χ1) is 10.2. The predicted molar refractivity (Wildman–Crippen MR) is 103 cm³/mol. The van der Waals surface area contributed by atoms with Crippen molar-refractivity contribution in [1.29, 1.82) is 0 Å². The van der Waals surface area contributed by atoms with E-state index in [0.717, 1.165) is 56.7 Å². The van der Waals surface area contributed by atoms with Gasteiger partial charge in [0.1, 0.15) is 5.82 Å². The molecule has 5 nitrogen and oxygen atoms in total. The van der Waals surface area contributed by atoms with Gasteiger partial charge in [0.2, 0.25) is 0 Å². The molecule has 6 heteroatoms. The molecular formula is C16H30IN5. The Bertz CT molecular complexity index is 457. The molecule has 0 bridgehead atoms. The number of piperidine rings is 1. The number of nitrogens with zero attached hydrogens (tertiary/aromatic N) is 4. The summed E-state index contributed by atoms with van der Waals surface area (Å²) in [7, 11) is 1.89. The highest BCUT2D eigenvalue weighted by molar-refractivity contribution is 14.0. The van der Waals surface area contributed by atoms with Crippen molar-refractivity contribution in [2.24, 2.45) is 10.9 Å². The maximum Gasteiger partial charge on any atom is 0.193 e. The summed E-state index contributed by atoms with van der Waals surface area (Å²) in [5, 5.41) is 3.51. The second-order valence-electron chi connectivity index (χ2n) is 6.04. The minimum atomic E-state index is 0. The lowest BCUT2D eigenvalue weighted by molar-refractivity contribution is 0.266. The maximum atomic E-state index is 4.42. The van der Waals surface area contributed by atoms with E-state index in [9.17, 15) is 0 Å². The van der Waals surface area contributed by atoms with Crippen LogP contribution < -0.4 is 5.32 Å². The van der Waals surface area contributed by atoms with Crippen molar-refractivity contribution in [3.8, 4) is 0 Å². The van der Waals surface area contributed by atoms with Gasteiger partial charge in [-0.25, -0.2) is 4.98 Å². The molecule has 0 aliphatic carbocycles. The molecule has 22 heavy (non-hydrogen) atoms. The number of guanidine groups is 1. The van der Waals surface area contributed by atoms with Crippen molar-refractivity contribution in [1.82, 2.24) is 19.8 Å². The van der Waals surface area contributed by atoms with Crippen LogP contribution in [-0.2, 0) is 6.54 Å². The Morgan fingerprint density at radius 1 is 1.45 bits per heavy atom. The number of nitrogens with one attached hydrogen (secondary N) is 1. The number of aryl methyl sites for hydroxylation is 2. The van der Waals surface area contributed by atoms with Gasteiger partial charge in [0.15, 0.2) is 5.96 Å². The summed E-state index contributed by atoms with van der Waals surface area (Å²) in [4.78, 5) is 11.1. The van der Waals surface area contributed by atoms with E-state index in [1.165, 1.54) is 12.8 Å². The van der Waals surface area contributed by atoms with E-state index in [4.69, 9.17) is 0 Å². The Morgan fingerprint density at radius 2 is 2.27 bits per heavy atom. The van der Waals surface area contributed by atoms with E-state index in [0.29, 0.717) is 0 Å². The topological polar surface area (TPSA) is 45.5 Å². The zero-order chi connectivity index (χ0) is 15.1. The first-order valence-electron chi connectivity index (χ1n) is 8.14. The van der Waals surface area contributed by atoms with E-state index >= 15 is 0 Å². The van der Waals surface area contributed by atoms with Gasteiger partial charge in [0, 0.05) is 45.6 Å². The number of halogens is 1. The molecule has 1 unspecified atom stereocenters. The summed E-state index contributed by atoms with van der Waals surface area (Å²) in [6.07, 6.45) is 8.86. The van der Waals surface area contributed by atoms with Gasteiger partial charge >= 0.3 is 0 Å². The van der Waals surface area contributed by atoms with Crippen molar-refractivity contribution >= 4 is 29.9 Å². The third-order valence-electron chi connectivity index (χ3n) is 4.20. The van der Waals surface area contributed by atoms with Crippen LogP contribution in [0.25, 0.3) is 0 Å². The molecule has 126 valence electrons. The second-order valence-corrected chi connectivity index (χ2v) is 6.04. The molecule has 2 heterocycles. The van der Waals surface area contributed by atoms with Gasteiger partial charge in [-0.2, -0.15) is 0 Å². The van der Waals surface area contributed by atoms with Gasteiger partial charge in [0.25, 0.3) is 0 Å². The first kappa shape index (κ1) is 19.3. The molecule has 1 aromatic rings. The lowest BCUT2D eigenvalue weighted by atomic mass is 10.0. The molecule has 0 aromatic carbocycles. The van der Waals surface area contributed by atoms with E-state index in [1.54, 1.807) is 0 Å².